The molecule has 0 aliphatic rings. The molecule has 0 unspecified atom stereocenters. The van der Waals surface area contributed by atoms with Crippen molar-refractivity contribution in [1.29, 1.82) is 0 Å². The lowest BCUT2D eigenvalue weighted by atomic mass is 10.2. The molecule has 104 valence electrons. The van der Waals surface area contributed by atoms with Crippen molar-refractivity contribution in [2.45, 2.75) is 11.9 Å². The maximum absolute atomic E-state index is 12.0. The van der Waals surface area contributed by atoms with Crippen LogP contribution in [0.25, 0.3) is 0 Å². The zero-order chi connectivity index (χ0) is 14.8. The van der Waals surface area contributed by atoms with Crippen LogP contribution in [-0.2, 0) is 9.84 Å². The van der Waals surface area contributed by atoms with Crippen LogP contribution in [0.2, 0.25) is 0 Å². The zero-order valence-corrected chi connectivity index (χ0v) is 11.8. The number of hydrogen-bond donors (Lipinski definition) is 1. The Morgan fingerprint density at radius 3 is 2.55 bits per heavy atom. The third-order valence-electron chi connectivity index (χ3n) is 2.54. The van der Waals surface area contributed by atoms with Crippen molar-refractivity contribution in [3.05, 3.63) is 47.9 Å². The average Bonchev–Trinajstić information content (AvgIpc) is 2.38. The third kappa shape index (κ3) is 3.18. The number of amides is 1. The van der Waals surface area contributed by atoms with Gasteiger partial charge in [-0.2, -0.15) is 0 Å². The summed E-state index contributed by atoms with van der Waals surface area (Å²) in [6, 6.07) is 6.37. The highest BCUT2D eigenvalue weighted by Crippen LogP contribution is 2.18. The molecule has 0 aliphatic heterocycles. The van der Waals surface area contributed by atoms with E-state index >= 15 is 0 Å². The molecule has 0 saturated heterocycles. The van der Waals surface area contributed by atoms with Crippen LogP contribution in [0.4, 0.5) is 5.69 Å². The first-order valence-corrected chi connectivity index (χ1v) is 7.66. The fourth-order valence-corrected chi connectivity index (χ4v) is 2.35. The highest BCUT2D eigenvalue weighted by atomic mass is 32.2. The van der Waals surface area contributed by atoms with Crippen LogP contribution < -0.4 is 5.32 Å². The van der Waals surface area contributed by atoms with E-state index in [1.54, 1.807) is 18.2 Å². The number of hydrogen-bond acceptors (Lipinski definition) is 5. The molecule has 1 amide bonds. The van der Waals surface area contributed by atoms with Crippen molar-refractivity contribution in [3.63, 3.8) is 0 Å². The van der Waals surface area contributed by atoms with Crippen molar-refractivity contribution in [2.75, 3.05) is 11.6 Å². The number of carbonyl (C=O) groups excluding carboxylic acids is 1. The molecule has 0 aliphatic carbocycles. The predicted molar refractivity (Wildman–Crippen MR) is 74.3 cm³/mol. The van der Waals surface area contributed by atoms with E-state index in [-0.39, 0.29) is 10.7 Å². The van der Waals surface area contributed by atoms with Crippen molar-refractivity contribution >= 4 is 21.4 Å². The number of pyridine rings is 2. The van der Waals surface area contributed by atoms with E-state index in [2.05, 4.69) is 15.3 Å². The Balaban J connectivity index is 2.31. The van der Waals surface area contributed by atoms with Gasteiger partial charge in [0.1, 0.15) is 0 Å². The molecule has 7 heteroatoms. The molecule has 20 heavy (non-hydrogen) atoms. The second kappa shape index (κ2) is 5.38. The molecule has 0 radical (unpaired) electrons. The number of anilines is 1. The smallest absolute Gasteiger partial charge is 0.257 e. The standard InChI is InChI=1S/C13H13N3O3S/c1-9-5-6-10(8-15-9)12(17)16-11-4-3-7-14-13(11)20(2,18)19/h3-8H,1-2H3,(H,16,17). The van der Waals surface area contributed by atoms with Gasteiger partial charge in [-0.1, -0.05) is 0 Å². The lowest BCUT2D eigenvalue weighted by molar-refractivity contribution is 0.102. The lowest BCUT2D eigenvalue weighted by Gasteiger charge is -2.08. The first-order chi connectivity index (χ1) is 9.38. The Hall–Kier alpha value is -2.28. The van der Waals surface area contributed by atoms with Gasteiger partial charge in [-0.05, 0) is 31.2 Å². The second-order valence-electron chi connectivity index (χ2n) is 4.27. The van der Waals surface area contributed by atoms with E-state index in [4.69, 9.17) is 0 Å². The van der Waals surface area contributed by atoms with Gasteiger partial charge < -0.3 is 5.32 Å². The molecule has 2 aromatic heterocycles. The van der Waals surface area contributed by atoms with E-state index in [0.29, 0.717) is 5.56 Å². The van der Waals surface area contributed by atoms with Gasteiger partial charge in [0, 0.05) is 24.3 Å². The summed E-state index contributed by atoms with van der Waals surface area (Å²) < 4.78 is 23.2. The fraction of sp³-hybridized carbons (Fsp3) is 0.154. The number of sulfone groups is 1. The number of aryl methyl sites for hydroxylation is 1. The molecule has 2 heterocycles. The maximum Gasteiger partial charge on any atom is 0.257 e. The second-order valence-corrected chi connectivity index (χ2v) is 6.20. The molecule has 0 spiro atoms. The Kier molecular flexibility index (Phi) is 3.80. The lowest BCUT2D eigenvalue weighted by Crippen LogP contribution is -2.15. The van der Waals surface area contributed by atoms with Gasteiger partial charge in [0.05, 0.1) is 11.3 Å². The SMILES string of the molecule is Cc1ccc(C(=O)Nc2cccnc2S(C)(=O)=O)cn1. The number of rotatable bonds is 3. The fourth-order valence-electron chi connectivity index (χ4n) is 1.58. The Morgan fingerprint density at radius 1 is 1.20 bits per heavy atom. The van der Waals surface area contributed by atoms with Gasteiger partial charge in [-0.15, -0.1) is 0 Å². The van der Waals surface area contributed by atoms with Crippen LogP contribution in [0.1, 0.15) is 16.1 Å². The molecule has 0 bridgehead atoms. The van der Waals surface area contributed by atoms with Crippen molar-refractivity contribution in [3.8, 4) is 0 Å². The highest BCUT2D eigenvalue weighted by molar-refractivity contribution is 7.90. The monoisotopic (exact) mass is 291 g/mol. The zero-order valence-electron chi connectivity index (χ0n) is 11.0. The molecule has 0 saturated carbocycles. The third-order valence-corrected chi connectivity index (χ3v) is 3.57. The molecule has 0 atom stereocenters. The van der Waals surface area contributed by atoms with E-state index in [1.165, 1.54) is 18.5 Å². The van der Waals surface area contributed by atoms with Crippen molar-refractivity contribution in [1.82, 2.24) is 9.97 Å². The van der Waals surface area contributed by atoms with Gasteiger partial charge in [0.15, 0.2) is 14.9 Å². The van der Waals surface area contributed by atoms with E-state index < -0.39 is 15.7 Å². The summed E-state index contributed by atoms with van der Waals surface area (Å²) in [6.45, 7) is 1.81. The van der Waals surface area contributed by atoms with Crippen LogP contribution in [0.3, 0.4) is 0 Å². The van der Waals surface area contributed by atoms with Crippen molar-refractivity contribution < 1.29 is 13.2 Å². The minimum absolute atomic E-state index is 0.153. The van der Waals surface area contributed by atoms with Gasteiger partial charge in [-0.25, -0.2) is 13.4 Å². The Labute approximate surface area is 116 Å². The summed E-state index contributed by atoms with van der Waals surface area (Å²) in [5.74, 6) is -0.435. The number of nitrogens with zero attached hydrogens (tertiary/aromatic N) is 2. The Bertz CT molecular complexity index is 740. The number of aromatic nitrogens is 2. The number of carbonyl (C=O) groups is 1. The molecule has 6 nitrogen and oxygen atoms in total. The maximum atomic E-state index is 12.0. The first-order valence-electron chi connectivity index (χ1n) is 5.77. The summed E-state index contributed by atoms with van der Waals surface area (Å²) in [5, 5.41) is 2.37. The summed E-state index contributed by atoms with van der Waals surface area (Å²) in [4.78, 5) is 19.8. The molecule has 0 aromatic carbocycles. The summed E-state index contributed by atoms with van der Waals surface area (Å²) in [7, 11) is -3.51. The highest BCUT2D eigenvalue weighted by Gasteiger charge is 2.17. The van der Waals surface area contributed by atoms with Crippen LogP contribution in [-0.4, -0.2) is 30.5 Å². The van der Waals surface area contributed by atoms with Gasteiger partial charge >= 0.3 is 0 Å². The largest absolute Gasteiger partial charge is 0.319 e. The minimum atomic E-state index is -3.51. The summed E-state index contributed by atoms with van der Waals surface area (Å²) in [6.07, 6.45) is 3.83. The number of nitrogens with one attached hydrogen (secondary N) is 1. The van der Waals surface area contributed by atoms with Crippen LogP contribution in [0.15, 0.2) is 41.7 Å². The van der Waals surface area contributed by atoms with E-state index in [0.717, 1.165) is 11.9 Å². The van der Waals surface area contributed by atoms with Gasteiger partial charge in [-0.3, -0.25) is 9.78 Å². The molecule has 2 rings (SSSR count). The first kappa shape index (κ1) is 14.1. The molecular formula is C13H13N3O3S. The normalized spacial score (nSPS) is 11.1. The molecule has 2 aromatic rings. The summed E-state index contributed by atoms with van der Waals surface area (Å²) >= 11 is 0. The molecular weight excluding hydrogens is 278 g/mol. The molecule has 0 fully saturated rings. The quantitative estimate of drug-likeness (QED) is 0.924. The van der Waals surface area contributed by atoms with Gasteiger partial charge in [0.2, 0.25) is 0 Å². The van der Waals surface area contributed by atoms with E-state index in [9.17, 15) is 13.2 Å². The van der Waals surface area contributed by atoms with Crippen LogP contribution >= 0.6 is 0 Å². The van der Waals surface area contributed by atoms with Gasteiger partial charge in [0.25, 0.3) is 5.91 Å². The molecule has 1 N–H and O–H groups in total. The average molecular weight is 291 g/mol. The summed E-state index contributed by atoms with van der Waals surface area (Å²) in [5.41, 5.74) is 1.29. The van der Waals surface area contributed by atoms with Crippen molar-refractivity contribution in [2.24, 2.45) is 0 Å². The predicted octanol–water partition coefficient (Wildman–Crippen LogP) is 1.44. The van der Waals surface area contributed by atoms with Crippen LogP contribution in [0, 0.1) is 6.92 Å². The topological polar surface area (TPSA) is 89.0 Å². The Morgan fingerprint density at radius 2 is 1.95 bits per heavy atom. The van der Waals surface area contributed by atoms with Crippen LogP contribution in [0.5, 0.6) is 0 Å². The minimum Gasteiger partial charge on any atom is -0.319 e. The van der Waals surface area contributed by atoms with E-state index in [1.807, 2.05) is 6.92 Å².